The third-order valence-electron chi connectivity index (χ3n) is 0.755. The van der Waals surface area contributed by atoms with Gasteiger partial charge in [-0.2, -0.15) is 0 Å². The van der Waals surface area contributed by atoms with Crippen LogP contribution in [-0.2, 0) is 14.3 Å². The van der Waals surface area contributed by atoms with Crippen LogP contribution in [-0.4, -0.2) is 35.7 Å². The minimum absolute atomic E-state index is 0. The summed E-state index contributed by atoms with van der Waals surface area (Å²) in [6.07, 6.45) is 1.31. The lowest BCUT2D eigenvalue weighted by Gasteiger charge is -1.96. The van der Waals surface area contributed by atoms with Gasteiger partial charge in [-0.05, 0) is 6.92 Å². The summed E-state index contributed by atoms with van der Waals surface area (Å²) in [4.78, 5) is 20.8. The highest BCUT2D eigenvalue weighted by Gasteiger charge is 2.03. The molecule has 0 aliphatic rings. The Morgan fingerprint density at radius 2 is 2.09 bits per heavy atom. The number of ether oxygens (including phenoxy) is 1. The van der Waals surface area contributed by atoms with Crippen molar-refractivity contribution >= 4 is 29.1 Å². The van der Waals surface area contributed by atoms with Gasteiger partial charge in [0.25, 0.3) is 0 Å². The Kier molecular flexibility index (Phi) is 8.91. The van der Waals surface area contributed by atoms with Crippen LogP contribution in [0.15, 0.2) is 12.7 Å². The van der Waals surface area contributed by atoms with Crippen molar-refractivity contribution in [3.8, 4) is 0 Å². The summed E-state index contributed by atoms with van der Waals surface area (Å²) < 4.78 is 4.52. The van der Waals surface area contributed by atoms with Gasteiger partial charge in [0.2, 0.25) is 0 Å². The van der Waals surface area contributed by atoms with Crippen molar-refractivity contribution in [3.05, 3.63) is 12.7 Å². The molecule has 0 aliphatic carbocycles. The Balaban J connectivity index is 0. The molecule has 0 saturated carbocycles. The molecule has 0 atom stereocenters. The molecule has 0 aromatic heterocycles. The third-order valence-corrected chi connectivity index (χ3v) is 0.755. The second-order valence-corrected chi connectivity index (χ2v) is 1.85. The van der Waals surface area contributed by atoms with Crippen molar-refractivity contribution in [2.75, 3.05) is 6.61 Å². The largest absolute Gasteiger partial charge is 0.461 e. The fourth-order valence-electron chi connectivity index (χ4n) is 0.406. The Labute approximate surface area is 76.5 Å². The second-order valence-electron chi connectivity index (χ2n) is 1.85. The van der Waals surface area contributed by atoms with E-state index in [9.17, 15) is 9.59 Å². The first-order valence-electron chi connectivity index (χ1n) is 2.92. The van der Waals surface area contributed by atoms with Gasteiger partial charge in [0, 0.05) is 0 Å². The van der Waals surface area contributed by atoms with E-state index in [1.807, 2.05) is 0 Å². The summed E-state index contributed by atoms with van der Waals surface area (Å²) in [5, 5.41) is 0. The van der Waals surface area contributed by atoms with Gasteiger partial charge < -0.3 is 4.74 Å². The minimum Gasteiger partial charge on any atom is -0.461 e. The van der Waals surface area contributed by atoms with Gasteiger partial charge in [-0.25, -0.2) is 0 Å². The third kappa shape index (κ3) is 9.41. The summed E-state index contributed by atoms with van der Waals surface area (Å²) in [5.41, 5.74) is 0. The monoisotopic (exact) mass is 172 g/mol. The Hall–Kier alpha value is -0.588. The Morgan fingerprint density at radius 3 is 2.45 bits per heavy atom. The lowest BCUT2D eigenvalue weighted by molar-refractivity contribution is -0.144. The van der Waals surface area contributed by atoms with Gasteiger partial charge in [0.1, 0.15) is 18.8 Å². The molecule has 0 amide bonds. The second kappa shape index (κ2) is 7.52. The molecular formula is C7H13AlO3. The van der Waals surface area contributed by atoms with Crippen LogP contribution >= 0.6 is 0 Å². The molecule has 0 rings (SSSR count). The minimum atomic E-state index is -0.493. The molecule has 4 heteroatoms. The number of Topliss-reactive ketones (excluding diaryl/α,β-unsaturated/α-hetero) is 1. The van der Waals surface area contributed by atoms with Gasteiger partial charge >= 0.3 is 5.97 Å². The molecule has 0 spiro atoms. The number of ketones is 1. The summed E-state index contributed by atoms with van der Waals surface area (Å²) >= 11 is 0. The first kappa shape index (κ1) is 13.0. The fraction of sp³-hybridized carbons (Fsp3) is 0.429. The van der Waals surface area contributed by atoms with Crippen molar-refractivity contribution < 1.29 is 14.3 Å². The van der Waals surface area contributed by atoms with Crippen LogP contribution in [0.5, 0.6) is 0 Å². The molecule has 0 aromatic carbocycles. The molecular weight excluding hydrogens is 159 g/mol. The number of carbonyl (C=O) groups is 2. The summed E-state index contributed by atoms with van der Waals surface area (Å²) in [7, 11) is 0. The van der Waals surface area contributed by atoms with E-state index >= 15 is 0 Å². The van der Waals surface area contributed by atoms with Crippen LogP contribution in [0.2, 0.25) is 0 Å². The number of rotatable bonds is 4. The van der Waals surface area contributed by atoms with E-state index in [0.717, 1.165) is 0 Å². The highest BCUT2D eigenvalue weighted by atomic mass is 27.0. The van der Waals surface area contributed by atoms with Gasteiger partial charge in [0.15, 0.2) is 17.4 Å². The molecule has 0 fully saturated rings. The SMILES string of the molecule is C=CCOC(=O)CC(C)=O.[AlH3]. The van der Waals surface area contributed by atoms with E-state index in [1.165, 1.54) is 13.0 Å². The average Bonchev–Trinajstić information content (AvgIpc) is 1.82. The average molecular weight is 172 g/mol. The van der Waals surface area contributed by atoms with Crippen LogP contribution in [0.3, 0.4) is 0 Å². The maximum absolute atomic E-state index is 10.5. The van der Waals surface area contributed by atoms with Crippen LogP contribution < -0.4 is 0 Å². The standard InChI is InChI=1S/C7H10O3.Al.3H/c1-3-4-10-7(9)5-6(2)8;;;;/h3H,1,4-5H2,2H3;;;;. The highest BCUT2D eigenvalue weighted by molar-refractivity contribution is 5.94. The van der Waals surface area contributed by atoms with E-state index in [0.29, 0.717) is 0 Å². The summed E-state index contributed by atoms with van der Waals surface area (Å²) in [5.74, 6) is -0.679. The van der Waals surface area contributed by atoms with Crippen molar-refractivity contribution in [2.45, 2.75) is 13.3 Å². The molecule has 11 heavy (non-hydrogen) atoms. The Bertz CT molecular complexity index is 154. The lowest BCUT2D eigenvalue weighted by atomic mass is 10.3. The molecule has 3 nitrogen and oxygen atoms in total. The smallest absolute Gasteiger partial charge is 0.313 e. The first-order valence-corrected chi connectivity index (χ1v) is 2.92. The van der Waals surface area contributed by atoms with E-state index in [1.54, 1.807) is 0 Å². The molecule has 62 valence electrons. The number of carbonyl (C=O) groups excluding carboxylic acids is 2. The maximum atomic E-state index is 10.5. The van der Waals surface area contributed by atoms with Crippen molar-refractivity contribution in [2.24, 2.45) is 0 Å². The predicted octanol–water partition coefficient (Wildman–Crippen LogP) is -0.489. The molecule has 0 saturated heterocycles. The van der Waals surface area contributed by atoms with Gasteiger partial charge in [-0.1, -0.05) is 12.7 Å². The number of hydrogen-bond acceptors (Lipinski definition) is 3. The summed E-state index contributed by atoms with van der Waals surface area (Å²) in [6.45, 7) is 4.86. The van der Waals surface area contributed by atoms with Crippen molar-refractivity contribution in [1.82, 2.24) is 0 Å². The van der Waals surface area contributed by atoms with Gasteiger partial charge in [-0.3, -0.25) is 9.59 Å². The normalized spacial score (nSPS) is 7.73. The van der Waals surface area contributed by atoms with Gasteiger partial charge in [0.05, 0.1) is 0 Å². The van der Waals surface area contributed by atoms with Crippen LogP contribution in [0.1, 0.15) is 13.3 Å². The summed E-state index contributed by atoms with van der Waals surface area (Å²) in [6, 6.07) is 0. The van der Waals surface area contributed by atoms with E-state index in [4.69, 9.17) is 0 Å². The molecule has 0 unspecified atom stereocenters. The maximum Gasteiger partial charge on any atom is 0.313 e. The quantitative estimate of drug-likeness (QED) is 0.249. The molecule has 0 radical (unpaired) electrons. The predicted molar refractivity (Wildman–Crippen MR) is 46.4 cm³/mol. The molecule has 0 aliphatic heterocycles. The zero-order chi connectivity index (χ0) is 7.98. The van der Waals surface area contributed by atoms with E-state index < -0.39 is 5.97 Å². The van der Waals surface area contributed by atoms with Crippen LogP contribution in [0, 0.1) is 0 Å². The number of hydrogen-bond donors (Lipinski definition) is 0. The highest BCUT2D eigenvalue weighted by Crippen LogP contribution is 1.87. The van der Waals surface area contributed by atoms with Crippen molar-refractivity contribution in [3.63, 3.8) is 0 Å². The fourth-order valence-corrected chi connectivity index (χ4v) is 0.406. The first-order chi connectivity index (χ1) is 4.66. The molecule has 0 bridgehead atoms. The topological polar surface area (TPSA) is 43.4 Å². The molecule has 0 N–H and O–H groups in total. The zero-order valence-corrected chi connectivity index (χ0v) is 5.92. The number of esters is 1. The lowest BCUT2D eigenvalue weighted by Crippen LogP contribution is -2.08. The Morgan fingerprint density at radius 1 is 1.55 bits per heavy atom. The van der Waals surface area contributed by atoms with Crippen LogP contribution in [0.25, 0.3) is 0 Å². The van der Waals surface area contributed by atoms with Crippen molar-refractivity contribution in [1.29, 1.82) is 0 Å². The van der Waals surface area contributed by atoms with E-state index in [-0.39, 0.29) is 36.2 Å². The van der Waals surface area contributed by atoms with Gasteiger partial charge in [-0.15, -0.1) is 0 Å². The van der Waals surface area contributed by atoms with Crippen LogP contribution in [0.4, 0.5) is 0 Å². The van der Waals surface area contributed by atoms with E-state index in [2.05, 4.69) is 11.3 Å². The zero-order valence-electron chi connectivity index (χ0n) is 5.92. The molecule has 0 heterocycles. The molecule has 0 aromatic rings.